The molecule has 1 aromatic carbocycles. The van der Waals surface area contributed by atoms with E-state index in [0.29, 0.717) is 0 Å². The molecule has 0 saturated heterocycles. The van der Waals surface area contributed by atoms with Gasteiger partial charge < -0.3 is 4.90 Å². The minimum atomic E-state index is 0.968. The Morgan fingerprint density at radius 3 is 2.29 bits per heavy atom. The topological polar surface area (TPSA) is 3.24 Å². The summed E-state index contributed by atoms with van der Waals surface area (Å²) < 4.78 is 0. The van der Waals surface area contributed by atoms with E-state index in [2.05, 4.69) is 24.1 Å². The maximum absolute atomic E-state index is 4.26. The zero-order valence-electron chi connectivity index (χ0n) is 9.41. The maximum Gasteiger partial charge on any atom is 0.0435 e. The van der Waals surface area contributed by atoms with Crippen LogP contribution in [0.2, 0.25) is 0 Å². The van der Waals surface area contributed by atoms with Gasteiger partial charge in [-0.1, -0.05) is 26.5 Å². The minimum Gasteiger partial charge on any atom is -0.377 e. The van der Waals surface area contributed by atoms with Gasteiger partial charge in [-0.2, -0.15) is 0 Å². The van der Waals surface area contributed by atoms with Crippen LogP contribution in [0, 0.1) is 0 Å². The van der Waals surface area contributed by atoms with E-state index in [1.165, 1.54) is 5.69 Å². The summed E-state index contributed by atoms with van der Waals surface area (Å²) >= 11 is 4.26. The number of nitrogens with zero attached hydrogens (tertiary/aromatic N) is 1. The van der Waals surface area contributed by atoms with Crippen LogP contribution in [-0.2, 0) is 0 Å². The molecule has 1 nitrogen and oxygen atoms in total. The van der Waals surface area contributed by atoms with Gasteiger partial charge in [0.15, 0.2) is 0 Å². The highest BCUT2D eigenvalue weighted by Gasteiger charge is 2.00. The average molecular weight is 209 g/mol. The second-order valence-electron chi connectivity index (χ2n) is 2.84. The first-order valence-electron chi connectivity index (χ1n) is 4.78. The van der Waals surface area contributed by atoms with Gasteiger partial charge in [-0.05, 0) is 23.8 Å². The lowest BCUT2D eigenvalue weighted by Gasteiger charge is -2.15. The molecular formula is C12H19NS. The van der Waals surface area contributed by atoms with Crippen molar-refractivity contribution in [1.82, 2.24) is 0 Å². The fourth-order valence-electron chi connectivity index (χ4n) is 1.11. The third-order valence-electron chi connectivity index (χ3n) is 1.71. The molecule has 0 saturated carbocycles. The molecule has 0 bridgehead atoms. The third-order valence-corrected chi connectivity index (χ3v) is 1.99. The Kier molecular flexibility index (Phi) is 6.13. The number of thiol groups is 1. The SMILES string of the molecule is C=Cc1cc(S)ccc1N(C)C.CC. The van der Waals surface area contributed by atoms with Gasteiger partial charge in [-0.25, -0.2) is 0 Å². The van der Waals surface area contributed by atoms with Crippen molar-refractivity contribution in [3.8, 4) is 0 Å². The fraction of sp³-hybridized carbons (Fsp3) is 0.333. The molecule has 78 valence electrons. The Morgan fingerprint density at radius 1 is 1.29 bits per heavy atom. The van der Waals surface area contributed by atoms with Gasteiger partial charge in [0, 0.05) is 24.7 Å². The normalized spacial score (nSPS) is 8.64. The molecule has 2 heteroatoms. The third kappa shape index (κ3) is 3.46. The van der Waals surface area contributed by atoms with E-state index in [0.717, 1.165) is 10.5 Å². The van der Waals surface area contributed by atoms with Crippen LogP contribution in [0.5, 0.6) is 0 Å². The maximum atomic E-state index is 4.26. The summed E-state index contributed by atoms with van der Waals surface area (Å²) in [6, 6.07) is 6.02. The van der Waals surface area contributed by atoms with Crippen LogP contribution >= 0.6 is 12.6 Å². The molecular weight excluding hydrogens is 190 g/mol. The molecule has 0 unspecified atom stereocenters. The van der Waals surface area contributed by atoms with E-state index in [4.69, 9.17) is 0 Å². The van der Waals surface area contributed by atoms with Gasteiger partial charge in [0.05, 0.1) is 0 Å². The highest BCUT2D eigenvalue weighted by Crippen LogP contribution is 2.22. The van der Waals surface area contributed by atoms with E-state index in [1.807, 2.05) is 52.2 Å². The molecule has 14 heavy (non-hydrogen) atoms. The van der Waals surface area contributed by atoms with E-state index < -0.39 is 0 Å². The number of anilines is 1. The quantitative estimate of drug-likeness (QED) is 0.727. The molecule has 1 rings (SSSR count). The van der Waals surface area contributed by atoms with Crippen LogP contribution in [0.4, 0.5) is 5.69 Å². The molecule has 0 radical (unpaired) electrons. The zero-order valence-corrected chi connectivity index (χ0v) is 10.3. The molecule has 0 fully saturated rings. The summed E-state index contributed by atoms with van der Waals surface area (Å²) in [5, 5.41) is 0. The number of hydrogen-bond acceptors (Lipinski definition) is 2. The van der Waals surface area contributed by atoms with Crippen molar-refractivity contribution in [2.75, 3.05) is 19.0 Å². The van der Waals surface area contributed by atoms with E-state index >= 15 is 0 Å². The van der Waals surface area contributed by atoms with E-state index in [9.17, 15) is 0 Å². The Morgan fingerprint density at radius 2 is 1.86 bits per heavy atom. The molecule has 0 atom stereocenters. The lowest BCUT2D eigenvalue weighted by molar-refractivity contribution is 1.12. The van der Waals surface area contributed by atoms with E-state index in [1.54, 1.807) is 0 Å². The molecule has 0 amide bonds. The number of benzene rings is 1. The molecule has 0 aromatic heterocycles. The second-order valence-corrected chi connectivity index (χ2v) is 3.36. The van der Waals surface area contributed by atoms with Crippen molar-refractivity contribution in [1.29, 1.82) is 0 Å². The Balaban J connectivity index is 0.000000791. The first kappa shape index (κ1) is 13.1. The van der Waals surface area contributed by atoms with Crippen LogP contribution < -0.4 is 4.90 Å². The van der Waals surface area contributed by atoms with Gasteiger partial charge in [-0.3, -0.25) is 0 Å². The van der Waals surface area contributed by atoms with Crippen LogP contribution in [-0.4, -0.2) is 14.1 Å². The monoisotopic (exact) mass is 209 g/mol. The van der Waals surface area contributed by atoms with Crippen LogP contribution in [0.3, 0.4) is 0 Å². The van der Waals surface area contributed by atoms with Crippen LogP contribution in [0.1, 0.15) is 19.4 Å². The predicted octanol–water partition coefficient (Wildman–Crippen LogP) is 3.71. The lowest BCUT2D eigenvalue weighted by Crippen LogP contribution is -2.09. The predicted molar refractivity (Wildman–Crippen MR) is 69.5 cm³/mol. The van der Waals surface area contributed by atoms with Gasteiger partial charge >= 0.3 is 0 Å². The lowest BCUT2D eigenvalue weighted by atomic mass is 10.1. The summed E-state index contributed by atoms with van der Waals surface area (Å²) in [6.45, 7) is 7.75. The summed E-state index contributed by atoms with van der Waals surface area (Å²) in [4.78, 5) is 3.03. The molecule has 0 N–H and O–H groups in total. The Hall–Kier alpha value is -0.890. The summed E-state index contributed by atoms with van der Waals surface area (Å²) in [6.07, 6.45) is 1.84. The Labute approximate surface area is 92.9 Å². The van der Waals surface area contributed by atoms with Crippen molar-refractivity contribution in [2.24, 2.45) is 0 Å². The zero-order chi connectivity index (χ0) is 11.1. The molecule has 0 aliphatic heterocycles. The molecule has 0 spiro atoms. The Bertz CT molecular complexity index is 292. The minimum absolute atomic E-state index is 0.968. The van der Waals surface area contributed by atoms with E-state index in [-0.39, 0.29) is 0 Å². The average Bonchev–Trinajstić information content (AvgIpc) is 2.20. The molecule has 0 heterocycles. The van der Waals surface area contributed by atoms with Crippen molar-refractivity contribution in [3.05, 3.63) is 30.3 Å². The molecule has 1 aromatic rings. The smallest absolute Gasteiger partial charge is 0.0435 e. The first-order chi connectivity index (χ1) is 6.65. The van der Waals surface area contributed by atoms with Gasteiger partial charge in [0.2, 0.25) is 0 Å². The summed E-state index contributed by atoms with van der Waals surface area (Å²) in [5.74, 6) is 0. The van der Waals surface area contributed by atoms with Crippen molar-refractivity contribution in [3.63, 3.8) is 0 Å². The van der Waals surface area contributed by atoms with Gasteiger partial charge in [0.1, 0.15) is 0 Å². The van der Waals surface area contributed by atoms with Crippen molar-refractivity contribution >= 4 is 24.4 Å². The molecule has 0 aliphatic rings. The first-order valence-corrected chi connectivity index (χ1v) is 5.22. The standard InChI is InChI=1S/C10H13NS.C2H6/c1-4-8-7-9(12)5-6-10(8)11(2)3;1-2/h4-7,12H,1H2,2-3H3;1-2H3. The van der Waals surface area contributed by atoms with Crippen LogP contribution in [0.25, 0.3) is 6.08 Å². The molecule has 0 aliphatic carbocycles. The highest BCUT2D eigenvalue weighted by atomic mass is 32.1. The van der Waals surface area contributed by atoms with Gasteiger partial charge in [-0.15, -0.1) is 12.6 Å². The summed E-state index contributed by atoms with van der Waals surface area (Å²) in [5.41, 5.74) is 2.29. The van der Waals surface area contributed by atoms with Gasteiger partial charge in [0.25, 0.3) is 0 Å². The van der Waals surface area contributed by atoms with Crippen molar-refractivity contribution < 1.29 is 0 Å². The van der Waals surface area contributed by atoms with Crippen LogP contribution in [0.15, 0.2) is 29.7 Å². The largest absolute Gasteiger partial charge is 0.377 e. The number of hydrogen-bond donors (Lipinski definition) is 1. The summed E-state index contributed by atoms with van der Waals surface area (Å²) in [7, 11) is 4.03. The highest BCUT2D eigenvalue weighted by molar-refractivity contribution is 7.80. The van der Waals surface area contributed by atoms with Crippen molar-refractivity contribution in [2.45, 2.75) is 18.7 Å². The fourth-order valence-corrected chi connectivity index (χ4v) is 1.33. The number of rotatable bonds is 2. The second kappa shape index (κ2) is 6.55.